The summed E-state index contributed by atoms with van der Waals surface area (Å²) in [6, 6.07) is 1.93. The number of aryl methyl sites for hydroxylation is 4. The lowest BCUT2D eigenvalue weighted by Crippen LogP contribution is -2.26. The third kappa shape index (κ3) is 5.00. The van der Waals surface area contributed by atoms with Gasteiger partial charge in [0.05, 0.1) is 15.9 Å². The maximum Gasteiger partial charge on any atom is 0.221 e. The molecule has 0 spiro atoms. The maximum absolute atomic E-state index is 11.7. The summed E-state index contributed by atoms with van der Waals surface area (Å²) in [5, 5.41) is 11.5. The summed E-state index contributed by atoms with van der Waals surface area (Å²) < 4.78 is 4.69. The van der Waals surface area contributed by atoms with Crippen molar-refractivity contribution in [1.29, 1.82) is 0 Å². The largest absolute Gasteiger partial charge is 0.356 e. The molecule has 6 nitrogen and oxygen atoms in total. The van der Waals surface area contributed by atoms with Gasteiger partial charge in [-0.05, 0) is 42.3 Å². The molecular weight excluding hydrogens is 334 g/mol. The number of hydrogen-bond donors (Lipinski definition) is 1. The first-order valence-corrected chi connectivity index (χ1v) is 7.80. The van der Waals surface area contributed by atoms with Gasteiger partial charge in [-0.1, -0.05) is 0 Å². The van der Waals surface area contributed by atoms with Crippen molar-refractivity contribution >= 4 is 21.8 Å². The average molecular weight is 354 g/mol. The van der Waals surface area contributed by atoms with Crippen LogP contribution in [0.4, 0.5) is 0 Å². The number of carbonyl (C=O) groups is 1. The second kappa shape index (κ2) is 7.40. The van der Waals surface area contributed by atoms with E-state index in [1.807, 2.05) is 37.0 Å². The van der Waals surface area contributed by atoms with Gasteiger partial charge in [0.25, 0.3) is 0 Å². The van der Waals surface area contributed by atoms with Gasteiger partial charge in [0.1, 0.15) is 0 Å². The summed E-state index contributed by atoms with van der Waals surface area (Å²) in [7, 11) is 0. The number of rotatable bonds is 7. The molecule has 2 aromatic rings. The first-order valence-electron chi connectivity index (χ1n) is 7.01. The van der Waals surface area contributed by atoms with Crippen molar-refractivity contribution in [3.05, 3.63) is 34.3 Å². The van der Waals surface area contributed by atoms with Gasteiger partial charge >= 0.3 is 0 Å². The topological polar surface area (TPSA) is 64.7 Å². The van der Waals surface area contributed by atoms with E-state index in [1.54, 1.807) is 4.68 Å². The van der Waals surface area contributed by atoms with E-state index in [4.69, 9.17) is 0 Å². The minimum atomic E-state index is 0.0565. The Hall–Kier alpha value is -1.63. The highest BCUT2D eigenvalue weighted by Gasteiger charge is 2.03. The van der Waals surface area contributed by atoms with Crippen molar-refractivity contribution in [1.82, 2.24) is 24.9 Å². The van der Waals surface area contributed by atoms with Crippen LogP contribution in [-0.4, -0.2) is 32.0 Å². The SMILES string of the molecule is Cc1ccn(CCC(=O)NCCCn2cc(Br)c(C)n2)n1. The van der Waals surface area contributed by atoms with Crippen LogP contribution in [0.2, 0.25) is 0 Å². The predicted octanol–water partition coefficient (Wildman–Crippen LogP) is 2.06. The fourth-order valence-corrected chi connectivity index (χ4v) is 2.28. The second-order valence-corrected chi connectivity index (χ2v) is 5.85. The Bertz CT molecular complexity index is 585. The number of nitrogens with zero attached hydrogens (tertiary/aromatic N) is 4. The highest BCUT2D eigenvalue weighted by atomic mass is 79.9. The van der Waals surface area contributed by atoms with Crippen molar-refractivity contribution < 1.29 is 4.79 Å². The van der Waals surface area contributed by atoms with Crippen molar-refractivity contribution in [2.75, 3.05) is 6.54 Å². The lowest BCUT2D eigenvalue weighted by molar-refractivity contribution is -0.121. The van der Waals surface area contributed by atoms with Crippen LogP contribution in [0.3, 0.4) is 0 Å². The monoisotopic (exact) mass is 353 g/mol. The average Bonchev–Trinajstić information content (AvgIpc) is 2.99. The zero-order valence-corrected chi connectivity index (χ0v) is 13.9. The molecule has 21 heavy (non-hydrogen) atoms. The molecule has 2 heterocycles. The Kier molecular flexibility index (Phi) is 5.55. The molecule has 7 heteroatoms. The number of amides is 1. The zero-order valence-electron chi connectivity index (χ0n) is 12.3. The second-order valence-electron chi connectivity index (χ2n) is 5.00. The summed E-state index contributed by atoms with van der Waals surface area (Å²) >= 11 is 3.43. The van der Waals surface area contributed by atoms with Crippen LogP contribution >= 0.6 is 15.9 Å². The fourth-order valence-electron chi connectivity index (χ4n) is 1.97. The molecule has 0 saturated heterocycles. The minimum Gasteiger partial charge on any atom is -0.356 e. The smallest absolute Gasteiger partial charge is 0.221 e. The fraction of sp³-hybridized carbons (Fsp3) is 0.500. The van der Waals surface area contributed by atoms with Crippen LogP contribution in [0.25, 0.3) is 0 Å². The van der Waals surface area contributed by atoms with Crippen LogP contribution in [0, 0.1) is 13.8 Å². The van der Waals surface area contributed by atoms with Crippen molar-refractivity contribution in [3.8, 4) is 0 Å². The number of nitrogens with one attached hydrogen (secondary N) is 1. The summed E-state index contributed by atoms with van der Waals surface area (Å²) in [6.45, 7) is 5.97. The Morgan fingerprint density at radius 2 is 2.10 bits per heavy atom. The molecule has 114 valence electrons. The van der Waals surface area contributed by atoms with Gasteiger partial charge in [0, 0.05) is 38.4 Å². The molecule has 0 aliphatic carbocycles. The first kappa shape index (κ1) is 15.8. The number of hydrogen-bond acceptors (Lipinski definition) is 3. The van der Waals surface area contributed by atoms with E-state index in [2.05, 4.69) is 31.4 Å². The molecule has 0 atom stereocenters. The van der Waals surface area contributed by atoms with Crippen LogP contribution in [-0.2, 0) is 17.9 Å². The molecule has 0 radical (unpaired) electrons. The van der Waals surface area contributed by atoms with Gasteiger partial charge < -0.3 is 5.32 Å². The number of halogens is 1. The summed E-state index contributed by atoms with van der Waals surface area (Å²) in [5.74, 6) is 0.0565. The summed E-state index contributed by atoms with van der Waals surface area (Å²) in [6.07, 6.45) is 5.16. The van der Waals surface area contributed by atoms with Crippen molar-refractivity contribution in [3.63, 3.8) is 0 Å². The first-order chi connectivity index (χ1) is 10.0. The summed E-state index contributed by atoms with van der Waals surface area (Å²) in [4.78, 5) is 11.7. The van der Waals surface area contributed by atoms with E-state index in [0.717, 1.165) is 28.8 Å². The normalized spacial score (nSPS) is 10.8. The molecule has 0 aliphatic rings. The molecular formula is C14H20BrN5O. The lowest BCUT2D eigenvalue weighted by Gasteiger charge is -2.05. The number of carbonyl (C=O) groups excluding carboxylic acids is 1. The highest BCUT2D eigenvalue weighted by molar-refractivity contribution is 9.10. The van der Waals surface area contributed by atoms with Crippen molar-refractivity contribution in [2.45, 2.75) is 39.8 Å². The molecule has 0 aromatic carbocycles. The Balaban J connectivity index is 1.61. The van der Waals surface area contributed by atoms with Crippen LogP contribution in [0.1, 0.15) is 24.2 Å². The van der Waals surface area contributed by atoms with Crippen molar-refractivity contribution in [2.24, 2.45) is 0 Å². The molecule has 0 saturated carbocycles. The molecule has 0 bridgehead atoms. The van der Waals surface area contributed by atoms with Gasteiger partial charge in [-0.25, -0.2) is 0 Å². The standard InChI is InChI=1S/C14H20BrN5O/c1-11-4-8-19(17-11)9-5-14(21)16-6-3-7-20-10-13(15)12(2)18-20/h4,8,10H,3,5-7,9H2,1-2H3,(H,16,21). The Labute approximate surface area is 132 Å². The molecule has 1 N–H and O–H groups in total. The molecule has 0 fully saturated rings. The van der Waals surface area contributed by atoms with Gasteiger partial charge in [0.15, 0.2) is 0 Å². The van der Waals surface area contributed by atoms with E-state index in [9.17, 15) is 4.79 Å². The Morgan fingerprint density at radius 1 is 1.29 bits per heavy atom. The lowest BCUT2D eigenvalue weighted by atomic mass is 10.3. The Morgan fingerprint density at radius 3 is 2.71 bits per heavy atom. The van der Waals surface area contributed by atoms with Crippen LogP contribution in [0.15, 0.2) is 22.9 Å². The summed E-state index contributed by atoms with van der Waals surface area (Å²) in [5.41, 5.74) is 1.95. The van der Waals surface area contributed by atoms with E-state index in [0.29, 0.717) is 19.5 Å². The van der Waals surface area contributed by atoms with E-state index < -0.39 is 0 Å². The van der Waals surface area contributed by atoms with Gasteiger partial charge in [-0.15, -0.1) is 0 Å². The third-order valence-electron chi connectivity index (χ3n) is 3.11. The quantitative estimate of drug-likeness (QED) is 0.774. The predicted molar refractivity (Wildman–Crippen MR) is 83.9 cm³/mol. The maximum atomic E-state index is 11.7. The third-order valence-corrected chi connectivity index (χ3v) is 3.89. The molecule has 0 aliphatic heterocycles. The molecule has 2 rings (SSSR count). The van der Waals surface area contributed by atoms with Crippen LogP contribution < -0.4 is 5.32 Å². The van der Waals surface area contributed by atoms with Gasteiger partial charge in [0.2, 0.25) is 5.91 Å². The van der Waals surface area contributed by atoms with Gasteiger partial charge in [-0.2, -0.15) is 10.2 Å². The molecule has 0 unspecified atom stereocenters. The minimum absolute atomic E-state index is 0.0565. The van der Waals surface area contributed by atoms with E-state index >= 15 is 0 Å². The molecule has 2 aromatic heterocycles. The van der Waals surface area contributed by atoms with E-state index in [-0.39, 0.29) is 5.91 Å². The number of aromatic nitrogens is 4. The van der Waals surface area contributed by atoms with Crippen LogP contribution in [0.5, 0.6) is 0 Å². The van der Waals surface area contributed by atoms with E-state index in [1.165, 1.54) is 0 Å². The zero-order chi connectivity index (χ0) is 15.2. The highest BCUT2D eigenvalue weighted by Crippen LogP contribution is 2.13. The van der Waals surface area contributed by atoms with Gasteiger partial charge in [-0.3, -0.25) is 14.2 Å². The molecule has 1 amide bonds.